The second kappa shape index (κ2) is 3.82. The molecule has 1 N–H and O–H groups in total. The Morgan fingerprint density at radius 3 is 2.47 bits per heavy atom. The van der Waals surface area contributed by atoms with Gasteiger partial charge in [0.05, 0.1) is 5.69 Å². The van der Waals surface area contributed by atoms with Gasteiger partial charge in [0.25, 0.3) is 9.05 Å². The van der Waals surface area contributed by atoms with Crippen LogP contribution in [0.15, 0.2) is 4.90 Å². The van der Waals surface area contributed by atoms with Crippen molar-refractivity contribution >= 4 is 25.7 Å². The summed E-state index contributed by atoms with van der Waals surface area (Å²) in [7, 11) is 1.05. The van der Waals surface area contributed by atoms with E-state index in [1.165, 1.54) is 6.92 Å². The third-order valence-corrected chi connectivity index (χ3v) is 3.26. The zero-order valence-electron chi connectivity index (χ0n) is 8.06. The first-order valence-electron chi connectivity index (χ1n) is 4.04. The molecule has 1 aromatic heterocycles. The van der Waals surface area contributed by atoms with Crippen molar-refractivity contribution in [2.45, 2.75) is 25.3 Å². The van der Waals surface area contributed by atoms with Crippen LogP contribution in [0.3, 0.4) is 0 Å². The summed E-state index contributed by atoms with van der Waals surface area (Å²) < 4.78 is 23.4. The summed E-state index contributed by atoms with van der Waals surface area (Å²) >= 11 is 0. The molecule has 15 heavy (non-hydrogen) atoms. The first kappa shape index (κ1) is 12.0. The lowest BCUT2D eigenvalue weighted by Gasteiger charge is -2.00. The molecule has 0 saturated carbocycles. The van der Waals surface area contributed by atoms with E-state index in [2.05, 4.69) is 5.10 Å². The first-order chi connectivity index (χ1) is 6.79. The number of halogens is 1. The molecular formula is C7H9ClN2O4S. The largest absolute Gasteiger partial charge is 0.476 e. The SMILES string of the molecule is CCn1nc(C)c(S(=O)(=O)Cl)c1C(=O)O. The van der Waals surface area contributed by atoms with Crippen molar-refractivity contribution in [1.29, 1.82) is 0 Å². The first-order valence-corrected chi connectivity index (χ1v) is 6.35. The van der Waals surface area contributed by atoms with Crippen LogP contribution in [-0.2, 0) is 15.6 Å². The van der Waals surface area contributed by atoms with Gasteiger partial charge in [-0.15, -0.1) is 0 Å². The molecule has 0 atom stereocenters. The number of carbonyl (C=O) groups is 1. The lowest BCUT2D eigenvalue weighted by molar-refractivity contribution is 0.0679. The number of hydrogen-bond donors (Lipinski definition) is 1. The maximum Gasteiger partial charge on any atom is 0.355 e. The van der Waals surface area contributed by atoms with Gasteiger partial charge in [0.1, 0.15) is 4.90 Å². The van der Waals surface area contributed by atoms with Crippen LogP contribution in [-0.4, -0.2) is 29.3 Å². The van der Waals surface area contributed by atoms with Crippen molar-refractivity contribution in [2.24, 2.45) is 0 Å². The van der Waals surface area contributed by atoms with Crippen molar-refractivity contribution in [1.82, 2.24) is 9.78 Å². The summed E-state index contributed by atoms with van der Waals surface area (Å²) in [6.45, 7) is 3.31. The number of carboxylic acids is 1. The van der Waals surface area contributed by atoms with Crippen LogP contribution in [0.1, 0.15) is 23.1 Å². The molecule has 0 aromatic carbocycles. The summed E-state index contributed by atoms with van der Waals surface area (Å²) in [5.41, 5.74) is -0.311. The van der Waals surface area contributed by atoms with E-state index in [4.69, 9.17) is 15.8 Å². The molecule has 0 aliphatic heterocycles. The Hall–Kier alpha value is -1.08. The van der Waals surface area contributed by atoms with Gasteiger partial charge in [-0.05, 0) is 13.8 Å². The molecule has 0 amide bonds. The van der Waals surface area contributed by atoms with Crippen LogP contribution in [0.2, 0.25) is 0 Å². The molecule has 8 heteroatoms. The van der Waals surface area contributed by atoms with Crippen molar-refractivity contribution in [3.8, 4) is 0 Å². The highest BCUT2D eigenvalue weighted by molar-refractivity contribution is 8.13. The Kier molecular flexibility index (Phi) is 3.05. The van der Waals surface area contributed by atoms with Crippen LogP contribution in [0, 0.1) is 6.92 Å². The average Bonchev–Trinajstić information content (AvgIpc) is 2.41. The average molecular weight is 253 g/mol. The Morgan fingerprint density at radius 2 is 2.13 bits per heavy atom. The van der Waals surface area contributed by atoms with Crippen LogP contribution < -0.4 is 0 Å². The number of nitrogens with zero attached hydrogens (tertiary/aromatic N) is 2. The van der Waals surface area contributed by atoms with Crippen LogP contribution in [0.25, 0.3) is 0 Å². The van der Waals surface area contributed by atoms with Gasteiger partial charge in [-0.1, -0.05) is 0 Å². The Balaban J connectivity index is 3.64. The van der Waals surface area contributed by atoms with Crippen molar-refractivity contribution in [3.63, 3.8) is 0 Å². The van der Waals surface area contributed by atoms with Crippen LogP contribution >= 0.6 is 10.7 Å². The molecule has 84 valence electrons. The van der Waals surface area contributed by atoms with E-state index in [0.29, 0.717) is 0 Å². The van der Waals surface area contributed by atoms with Crippen molar-refractivity contribution in [2.75, 3.05) is 0 Å². The zero-order chi connectivity index (χ0) is 11.8. The molecule has 0 radical (unpaired) electrons. The Morgan fingerprint density at radius 1 is 1.60 bits per heavy atom. The predicted octanol–water partition coefficient (Wildman–Crippen LogP) is 0.837. The van der Waals surface area contributed by atoms with Gasteiger partial charge in [-0.3, -0.25) is 4.68 Å². The van der Waals surface area contributed by atoms with E-state index < -0.39 is 25.6 Å². The molecule has 0 aliphatic carbocycles. The van der Waals surface area contributed by atoms with Gasteiger partial charge < -0.3 is 5.11 Å². The summed E-state index contributed by atoms with van der Waals surface area (Å²) in [6, 6.07) is 0. The van der Waals surface area contributed by atoms with Crippen molar-refractivity contribution < 1.29 is 18.3 Å². The fraction of sp³-hybridized carbons (Fsp3) is 0.429. The summed E-state index contributed by atoms with van der Waals surface area (Å²) in [5.74, 6) is -1.36. The molecule has 1 heterocycles. The van der Waals surface area contributed by atoms with E-state index >= 15 is 0 Å². The predicted molar refractivity (Wildman–Crippen MR) is 52.6 cm³/mol. The standard InChI is InChI=1S/C7H9ClN2O4S/c1-3-10-5(7(11)12)6(4(2)9-10)15(8,13)14/h3H2,1-2H3,(H,11,12). The van der Waals surface area contributed by atoms with Gasteiger partial charge in [0.2, 0.25) is 0 Å². The number of hydrogen-bond acceptors (Lipinski definition) is 4. The molecule has 0 spiro atoms. The number of aromatic nitrogens is 2. The minimum Gasteiger partial charge on any atom is -0.476 e. The molecule has 0 fully saturated rings. The number of aryl methyl sites for hydroxylation is 2. The molecule has 1 rings (SSSR count). The molecule has 1 aromatic rings. The summed E-state index contributed by atoms with van der Waals surface area (Å²) in [6.07, 6.45) is 0. The van der Waals surface area contributed by atoms with Gasteiger partial charge in [0, 0.05) is 17.2 Å². The maximum absolute atomic E-state index is 11.2. The van der Waals surface area contributed by atoms with Gasteiger partial charge in [0.15, 0.2) is 5.69 Å². The highest BCUT2D eigenvalue weighted by Gasteiger charge is 2.28. The Labute approximate surface area is 90.9 Å². The van der Waals surface area contributed by atoms with E-state index in [1.54, 1.807) is 6.92 Å². The molecule has 6 nitrogen and oxygen atoms in total. The van der Waals surface area contributed by atoms with E-state index in [0.717, 1.165) is 4.68 Å². The molecule has 0 saturated heterocycles. The topological polar surface area (TPSA) is 89.3 Å². The second-order valence-electron chi connectivity index (χ2n) is 2.82. The number of aromatic carboxylic acids is 1. The quantitative estimate of drug-likeness (QED) is 0.805. The minimum absolute atomic E-state index is 0.0873. The van der Waals surface area contributed by atoms with E-state index in [-0.39, 0.29) is 12.2 Å². The molecule has 0 aliphatic rings. The number of rotatable bonds is 3. The van der Waals surface area contributed by atoms with Gasteiger partial charge >= 0.3 is 5.97 Å². The highest BCUT2D eigenvalue weighted by atomic mass is 35.7. The van der Waals surface area contributed by atoms with Crippen LogP contribution in [0.4, 0.5) is 0 Å². The van der Waals surface area contributed by atoms with Gasteiger partial charge in [-0.25, -0.2) is 13.2 Å². The lowest BCUT2D eigenvalue weighted by atomic mass is 10.3. The zero-order valence-corrected chi connectivity index (χ0v) is 9.63. The summed E-state index contributed by atoms with van der Waals surface area (Å²) in [5, 5.41) is 12.7. The number of carboxylic acid groups (broad SMARTS) is 1. The Bertz CT molecular complexity index is 505. The molecule has 0 bridgehead atoms. The van der Waals surface area contributed by atoms with Crippen LogP contribution in [0.5, 0.6) is 0 Å². The molecule has 0 unspecified atom stereocenters. The highest BCUT2D eigenvalue weighted by Crippen LogP contribution is 2.23. The lowest BCUT2D eigenvalue weighted by Crippen LogP contribution is -2.11. The van der Waals surface area contributed by atoms with E-state index in [9.17, 15) is 13.2 Å². The summed E-state index contributed by atoms with van der Waals surface area (Å²) in [4.78, 5) is 10.4. The second-order valence-corrected chi connectivity index (χ2v) is 5.32. The fourth-order valence-corrected chi connectivity index (χ4v) is 2.66. The third-order valence-electron chi connectivity index (χ3n) is 1.82. The van der Waals surface area contributed by atoms with Gasteiger partial charge in [-0.2, -0.15) is 5.10 Å². The van der Waals surface area contributed by atoms with E-state index in [1.807, 2.05) is 0 Å². The normalized spacial score (nSPS) is 11.7. The van der Waals surface area contributed by atoms with Crippen molar-refractivity contribution in [3.05, 3.63) is 11.4 Å². The smallest absolute Gasteiger partial charge is 0.355 e. The fourth-order valence-electron chi connectivity index (χ4n) is 1.29. The maximum atomic E-state index is 11.2. The monoisotopic (exact) mass is 252 g/mol. The third kappa shape index (κ3) is 2.13. The molecular weight excluding hydrogens is 244 g/mol. The minimum atomic E-state index is -4.09.